The number of carbonyl (C=O) groups excluding carboxylic acids is 1. The standard InChI is InChI=1S/C31H34N4O4/c1-8-38-29-15-20(4)26(17-25(29)19(2)3)30-33-27-12-10-9-11-24(27)31(37)35(30)32-18-22-13-14-23(34(6)7)16-28(22)39-21(5)36/h9-19H,8H2,1-7H3. The van der Waals surface area contributed by atoms with E-state index in [9.17, 15) is 9.59 Å². The molecule has 8 nitrogen and oxygen atoms in total. The number of aryl methyl sites for hydroxylation is 1. The van der Waals surface area contributed by atoms with Crippen LogP contribution in [0.3, 0.4) is 0 Å². The Morgan fingerprint density at radius 2 is 1.85 bits per heavy atom. The lowest BCUT2D eigenvalue weighted by Gasteiger charge is -2.18. The minimum Gasteiger partial charge on any atom is -0.494 e. The monoisotopic (exact) mass is 526 g/mol. The van der Waals surface area contributed by atoms with Gasteiger partial charge >= 0.3 is 5.97 Å². The van der Waals surface area contributed by atoms with Gasteiger partial charge in [-0.05, 0) is 67.3 Å². The number of anilines is 1. The molecule has 0 saturated carbocycles. The highest BCUT2D eigenvalue weighted by molar-refractivity contribution is 5.87. The van der Waals surface area contributed by atoms with Crippen LogP contribution >= 0.6 is 0 Å². The molecule has 0 aliphatic rings. The first-order valence-corrected chi connectivity index (χ1v) is 12.9. The second-order valence-electron chi connectivity index (χ2n) is 9.82. The molecule has 0 amide bonds. The molecule has 4 rings (SSSR count). The molecule has 3 aromatic carbocycles. The molecular weight excluding hydrogens is 492 g/mol. The Morgan fingerprint density at radius 3 is 2.51 bits per heavy atom. The molecule has 1 heterocycles. The first-order chi connectivity index (χ1) is 18.6. The fraction of sp³-hybridized carbons (Fsp3) is 0.290. The summed E-state index contributed by atoms with van der Waals surface area (Å²) in [7, 11) is 3.80. The van der Waals surface area contributed by atoms with Crippen molar-refractivity contribution in [1.29, 1.82) is 0 Å². The van der Waals surface area contributed by atoms with Gasteiger partial charge in [-0.15, -0.1) is 0 Å². The van der Waals surface area contributed by atoms with E-state index >= 15 is 0 Å². The van der Waals surface area contributed by atoms with Gasteiger partial charge < -0.3 is 14.4 Å². The van der Waals surface area contributed by atoms with E-state index in [0.717, 1.165) is 28.1 Å². The molecular formula is C31H34N4O4. The van der Waals surface area contributed by atoms with Crippen LogP contribution in [-0.4, -0.2) is 42.5 Å². The van der Waals surface area contributed by atoms with Crippen molar-refractivity contribution in [1.82, 2.24) is 9.66 Å². The maximum Gasteiger partial charge on any atom is 0.308 e. The number of fused-ring (bicyclic) bond motifs is 1. The van der Waals surface area contributed by atoms with E-state index in [1.807, 2.05) is 63.2 Å². The number of ether oxygens (including phenoxy) is 2. The van der Waals surface area contributed by atoms with Crippen LogP contribution in [0.25, 0.3) is 22.3 Å². The predicted octanol–water partition coefficient (Wildman–Crippen LogP) is 5.77. The fourth-order valence-electron chi connectivity index (χ4n) is 4.35. The van der Waals surface area contributed by atoms with E-state index in [-0.39, 0.29) is 11.5 Å². The third-order valence-electron chi connectivity index (χ3n) is 6.35. The average molecular weight is 527 g/mol. The van der Waals surface area contributed by atoms with Crippen molar-refractivity contribution >= 4 is 28.8 Å². The maximum absolute atomic E-state index is 13.7. The molecule has 0 saturated heterocycles. The number of hydrogen-bond acceptors (Lipinski definition) is 7. The van der Waals surface area contributed by atoms with Crippen LogP contribution in [0, 0.1) is 6.92 Å². The molecule has 0 radical (unpaired) electrons. The van der Waals surface area contributed by atoms with Gasteiger partial charge in [0.2, 0.25) is 0 Å². The van der Waals surface area contributed by atoms with E-state index in [0.29, 0.717) is 34.6 Å². The number of rotatable bonds is 8. The Balaban J connectivity index is 1.96. The van der Waals surface area contributed by atoms with Gasteiger partial charge in [0.05, 0.1) is 23.7 Å². The Kier molecular flexibility index (Phi) is 8.14. The van der Waals surface area contributed by atoms with E-state index in [1.54, 1.807) is 24.3 Å². The Bertz CT molecular complexity index is 1620. The van der Waals surface area contributed by atoms with E-state index in [1.165, 1.54) is 17.8 Å². The number of nitrogens with zero attached hydrogens (tertiary/aromatic N) is 4. The molecule has 39 heavy (non-hydrogen) atoms. The first kappa shape index (κ1) is 27.6. The lowest BCUT2D eigenvalue weighted by molar-refractivity contribution is -0.131. The van der Waals surface area contributed by atoms with Crippen LogP contribution < -0.4 is 19.9 Å². The summed E-state index contributed by atoms with van der Waals surface area (Å²) in [6.45, 7) is 10.0. The Labute approximate surface area is 228 Å². The van der Waals surface area contributed by atoms with Crippen LogP contribution in [0.1, 0.15) is 50.3 Å². The summed E-state index contributed by atoms with van der Waals surface area (Å²) in [5, 5.41) is 5.05. The zero-order valence-electron chi connectivity index (χ0n) is 23.5. The number of aromatic nitrogens is 2. The number of hydrogen-bond donors (Lipinski definition) is 0. The molecule has 0 spiro atoms. The minimum absolute atomic E-state index is 0.191. The van der Waals surface area contributed by atoms with Crippen LogP contribution in [0.2, 0.25) is 0 Å². The molecule has 0 aliphatic heterocycles. The fourth-order valence-corrected chi connectivity index (χ4v) is 4.35. The minimum atomic E-state index is -0.447. The van der Waals surface area contributed by atoms with Crippen LogP contribution in [0.4, 0.5) is 5.69 Å². The van der Waals surface area contributed by atoms with E-state index < -0.39 is 5.97 Å². The van der Waals surface area contributed by atoms with Gasteiger partial charge in [0.15, 0.2) is 5.82 Å². The van der Waals surface area contributed by atoms with Gasteiger partial charge in [0.1, 0.15) is 11.5 Å². The van der Waals surface area contributed by atoms with Gasteiger partial charge in [0, 0.05) is 43.9 Å². The Hall–Kier alpha value is -4.46. The maximum atomic E-state index is 13.7. The van der Waals surface area contributed by atoms with Gasteiger partial charge in [-0.1, -0.05) is 26.0 Å². The molecule has 0 atom stereocenters. The molecule has 1 aromatic heterocycles. The molecule has 202 valence electrons. The second kappa shape index (κ2) is 11.5. The van der Waals surface area contributed by atoms with Crippen molar-refractivity contribution in [3.63, 3.8) is 0 Å². The molecule has 0 aliphatic carbocycles. The van der Waals surface area contributed by atoms with Gasteiger partial charge in [-0.3, -0.25) is 9.59 Å². The third-order valence-corrected chi connectivity index (χ3v) is 6.35. The van der Waals surface area contributed by atoms with E-state index in [4.69, 9.17) is 14.5 Å². The highest BCUT2D eigenvalue weighted by Gasteiger charge is 2.19. The summed E-state index contributed by atoms with van der Waals surface area (Å²) in [5.41, 5.74) is 4.40. The number of benzene rings is 3. The molecule has 0 unspecified atom stereocenters. The van der Waals surface area contributed by atoms with Crippen molar-refractivity contribution < 1.29 is 14.3 Å². The van der Waals surface area contributed by atoms with Gasteiger partial charge in [0.25, 0.3) is 5.56 Å². The second-order valence-corrected chi connectivity index (χ2v) is 9.82. The highest BCUT2D eigenvalue weighted by atomic mass is 16.5. The van der Waals surface area contributed by atoms with Crippen molar-refractivity contribution in [2.24, 2.45) is 5.10 Å². The summed E-state index contributed by atoms with van der Waals surface area (Å²) < 4.78 is 12.7. The summed E-state index contributed by atoms with van der Waals surface area (Å²) in [6.07, 6.45) is 1.52. The number of esters is 1. The Morgan fingerprint density at radius 1 is 1.10 bits per heavy atom. The summed E-state index contributed by atoms with van der Waals surface area (Å²) in [5.74, 6) is 1.32. The quantitative estimate of drug-likeness (QED) is 0.165. The SMILES string of the molecule is CCOc1cc(C)c(-c2nc3ccccc3c(=O)n2N=Cc2ccc(N(C)C)cc2OC(C)=O)cc1C(C)C. The smallest absolute Gasteiger partial charge is 0.308 e. The summed E-state index contributed by atoms with van der Waals surface area (Å²) in [6, 6.07) is 16.7. The third kappa shape index (κ3) is 5.85. The van der Waals surface area contributed by atoms with E-state index in [2.05, 4.69) is 18.9 Å². The van der Waals surface area contributed by atoms with Gasteiger partial charge in [-0.2, -0.15) is 9.78 Å². The highest BCUT2D eigenvalue weighted by Crippen LogP contribution is 2.34. The van der Waals surface area contributed by atoms with Crippen LogP contribution in [0.5, 0.6) is 11.5 Å². The average Bonchev–Trinajstić information content (AvgIpc) is 2.88. The van der Waals surface area contributed by atoms with Crippen molar-refractivity contribution in [3.8, 4) is 22.9 Å². The normalized spacial score (nSPS) is 11.4. The van der Waals surface area contributed by atoms with Crippen LogP contribution in [0.15, 0.2) is 64.5 Å². The summed E-state index contributed by atoms with van der Waals surface area (Å²) in [4.78, 5) is 32.3. The largest absolute Gasteiger partial charge is 0.494 e. The zero-order chi connectivity index (χ0) is 28.3. The molecule has 0 fully saturated rings. The lowest BCUT2D eigenvalue weighted by atomic mass is 9.96. The summed E-state index contributed by atoms with van der Waals surface area (Å²) >= 11 is 0. The first-order valence-electron chi connectivity index (χ1n) is 12.9. The molecule has 4 aromatic rings. The zero-order valence-corrected chi connectivity index (χ0v) is 23.5. The predicted molar refractivity (Wildman–Crippen MR) is 157 cm³/mol. The van der Waals surface area contributed by atoms with Crippen molar-refractivity contribution in [2.45, 2.75) is 40.5 Å². The molecule has 0 N–H and O–H groups in total. The van der Waals surface area contributed by atoms with Gasteiger partial charge in [-0.25, -0.2) is 4.98 Å². The van der Waals surface area contributed by atoms with Crippen molar-refractivity contribution in [3.05, 3.63) is 81.6 Å². The number of para-hydroxylation sites is 1. The van der Waals surface area contributed by atoms with Crippen molar-refractivity contribution in [2.75, 3.05) is 25.6 Å². The number of carbonyl (C=O) groups is 1. The topological polar surface area (TPSA) is 86.0 Å². The molecule has 8 heteroatoms. The molecule has 0 bridgehead atoms. The lowest BCUT2D eigenvalue weighted by Crippen LogP contribution is -2.21. The van der Waals surface area contributed by atoms with Crippen LogP contribution in [-0.2, 0) is 4.79 Å².